The lowest BCUT2D eigenvalue weighted by Crippen LogP contribution is -2.23. The summed E-state index contributed by atoms with van der Waals surface area (Å²) >= 11 is 6.30. The van der Waals surface area contributed by atoms with Gasteiger partial charge < -0.3 is 0 Å². The van der Waals surface area contributed by atoms with Gasteiger partial charge in [0.25, 0.3) is 0 Å². The lowest BCUT2D eigenvalue weighted by molar-refractivity contribution is 0.344. The summed E-state index contributed by atoms with van der Waals surface area (Å²) in [5.74, 6) is 0.778. The van der Waals surface area contributed by atoms with Crippen LogP contribution in [0.25, 0.3) is 0 Å². The van der Waals surface area contributed by atoms with Crippen LogP contribution in [0.1, 0.15) is 30.4 Å². The van der Waals surface area contributed by atoms with Crippen LogP contribution in [0.5, 0.6) is 0 Å². The molecule has 0 N–H and O–H groups in total. The molecule has 0 aromatic heterocycles. The van der Waals surface area contributed by atoms with Crippen LogP contribution in [-0.4, -0.2) is 0 Å². The molecule has 0 saturated carbocycles. The maximum atomic E-state index is 13.5. The van der Waals surface area contributed by atoms with Crippen LogP contribution < -0.4 is 0 Å². The van der Waals surface area contributed by atoms with Crippen LogP contribution in [0.3, 0.4) is 0 Å². The summed E-state index contributed by atoms with van der Waals surface area (Å²) in [6, 6.07) is 5.20. The third-order valence-electron chi connectivity index (χ3n) is 3.34. The van der Waals surface area contributed by atoms with E-state index < -0.39 is 0 Å². The number of hydrogen-bond donors (Lipinski definition) is 0. The average molecular weight is 213 g/mol. The molecular weight excluding hydrogens is 199 g/mol. The Morgan fingerprint density at radius 3 is 2.79 bits per heavy atom. The highest BCUT2D eigenvalue weighted by Crippen LogP contribution is 2.42. The van der Waals surface area contributed by atoms with E-state index in [-0.39, 0.29) is 11.2 Å². The molecule has 0 aliphatic heterocycles. The molecule has 1 aliphatic carbocycles. The number of rotatable bonds is 0. The highest BCUT2D eigenvalue weighted by atomic mass is 35.5. The molecule has 14 heavy (non-hydrogen) atoms. The third-order valence-corrected chi connectivity index (χ3v) is 3.97. The van der Waals surface area contributed by atoms with E-state index in [2.05, 4.69) is 13.8 Å². The molecule has 0 nitrogen and oxygen atoms in total. The topological polar surface area (TPSA) is 0 Å². The van der Waals surface area contributed by atoms with E-state index in [1.807, 2.05) is 6.07 Å². The van der Waals surface area contributed by atoms with E-state index in [1.54, 1.807) is 6.07 Å². The Balaban J connectivity index is 2.50. The molecule has 1 aromatic rings. The number of alkyl halides is 1. The molecule has 0 saturated heterocycles. The maximum absolute atomic E-state index is 13.5. The van der Waals surface area contributed by atoms with Gasteiger partial charge in [0.15, 0.2) is 0 Å². The first-order valence-electron chi connectivity index (χ1n) is 5.02. The molecule has 2 rings (SSSR count). The normalized spacial score (nSPS) is 31.3. The minimum absolute atomic E-state index is 0.0375. The summed E-state index contributed by atoms with van der Waals surface area (Å²) in [6.45, 7) is 4.27. The van der Waals surface area contributed by atoms with E-state index >= 15 is 0 Å². The highest BCUT2D eigenvalue weighted by molar-refractivity contribution is 6.21. The average Bonchev–Trinajstić information content (AvgIpc) is 2.17. The molecule has 1 aromatic carbocycles. The molecule has 76 valence electrons. The van der Waals surface area contributed by atoms with Gasteiger partial charge in [0, 0.05) is 0 Å². The Hall–Kier alpha value is -0.560. The van der Waals surface area contributed by atoms with Crippen molar-refractivity contribution < 1.29 is 4.39 Å². The molecule has 0 heterocycles. The van der Waals surface area contributed by atoms with E-state index in [0.717, 1.165) is 17.5 Å². The van der Waals surface area contributed by atoms with Crippen molar-refractivity contribution in [1.29, 1.82) is 0 Å². The first-order valence-corrected chi connectivity index (χ1v) is 5.46. The predicted octanol–water partition coefficient (Wildman–Crippen LogP) is 3.93. The fourth-order valence-corrected chi connectivity index (χ4v) is 2.58. The summed E-state index contributed by atoms with van der Waals surface area (Å²) in [7, 11) is 0. The summed E-state index contributed by atoms with van der Waals surface area (Å²) in [5.41, 5.74) is 1.80. The number of benzene rings is 1. The third kappa shape index (κ3) is 1.44. The Morgan fingerprint density at radius 1 is 1.36 bits per heavy atom. The zero-order chi connectivity index (χ0) is 10.3. The van der Waals surface area contributed by atoms with Gasteiger partial charge in [-0.25, -0.2) is 4.39 Å². The summed E-state index contributed by atoms with van der Waals surface area (Å²) in [4.78, 5) is 0. The van der Waals surface area contributed by atoms with Gasteiger partial charge in [-0.1, -0.05) is 26.0 Å². The Labute approximate surface area is 89.1 Å². The summed E-state index contributed by atoms with van der Waals surface area (Å²) < 4.78 is 13.5. The molecule has 0 amide bonds. The van der Waals surface area contributed by atoms with E-state index in [1.165, 1.54) is 6.07 Å². The number of fused-ring (bicyclic) bond motifs is 1. The first-order chi connectivity index (χ1) is 6.61. The SMILES string of the molecule is CC1Cc2c(F)cccc2C(Cl)C1C. The number of halogens is 2. The minimum Gasteiger partial charge on any atom is -0.207 e. The van der Waals surface area contributed by atoms with Crippen LogP contribution in [0, 0.1) is 17.7 Å². The Bertz CT molecular complexity index is 348. The second kappa shape index (κ2) is 3.54. The van der Waals surface area contributed by atoms with Crippen LogP contribution in [0.2, 0.25) is 0 Å². The van der Waals surface area contributed by atoms with Crippen molar-refractivity contribution in [3.8, 4) is 0 Å². The molecule has 0 fully saturated rings. The monoisotopic (exact) mass is 212 g/mol. The second-order valence-electron chi connectivity index (χ2n) is 4.25. The number of hydrogen-bond acceptors (Lipinski definition) is 0. The minimum atomic E-state index is -0.105. The van der Waals surface area contributed by atoms with Crippen molar-refractivity contribution in [2.75, 3.05) is 0 Å². The van der Waals surface area contributed by atoms with Gasteiger partial charge in [0.05, 0.1) is 5.38 Å². The molecule has 0 bridgehead atoms. The van der Waals surface area contributed by atoms with Crippen molar-refractivity contribution in [2.24, 2.45) is 11.8 Å². The van der Waals surface area contributed by atoms with Gasteiger partial charge in [0.1, 0.15) is 5.82 Å². The zero-order valence-corrected chi connectivity index (χ0v) is 9.18. The van der Waals surface area contributed by atoms with Gasteiger partial charge >= 0.3 is 0 Å². The molecule has 3 atom stereocenters. The lowest BCUT2D eigenvalue weighted by atomic mass is 9.77. The fourth-order valence-electron chi connectivity index (χ4n) is 2.13. The molecule has 3 unspecified atom stereocenters. The van der Waals surface area contributed by atoms with Crippen molar-refractivity contribution in [3.63, 3.8) is 0 Å². The Morgan fingerprint density at radius 2 is 2.07 bits per heavy atom. The predicted molar refractivity (Wildman–Crippen MR) is 57.0 cm³/mol. The smallest absolute Gasteiger partial charge is 0.126 e. The fraction of sp³-hybridized carbons (Fsp3) is 0.500. The van der Waals surface area contributed by atoms with E-state index in [0.29, 0.717) is 11.8 Å². The standard InChI is InChI=1S/C12H14ClF/c1-7-6-10-9(12(13)8(7)2)4-3-5-11(10)14/h3-5,7-8,12H,6H2,1-2H3. The molecule has 2 heteroatoms. The molecule has 1 aliphatic rings. The van der Waals surface area contributed by atoms with Crippen molar-refractivity contribution >= 4 is 11.6 Å². The van der Waals surface area contributed by atoms with Gasteiger partial charge in [-0.15, -0.1) is 11.6 Å². The first kappa shape index (κ1) is 9.97. The second-order valence-corrected chi connectivity index (χ2v) is 4.72. The van der Waals surface area contributed by atoms with Gasteiger partial charge in [-0.05, 0) is 35.4 Å². The lowest BCUT2D eigenvalue weighted by Gasteiger charge is -2.32. The van der Waals surface area contributed by atoms with Gasteiger partial charge in [0.2, 0.25) is 0 Å². The van der Waals surface area contributed by atoms with E-state index in [9.17, 15) is 4.39 Å². The van der Waals surface area contributed by atoms with Crippen LogP contribution >= 0.6 is 11.6 Å². The quantitative estimate of drug-likeness (QED) is 0.572. The van der Waals surface area contributed by atoms with Crippen molar-refractivity contribution in [1.82, 2.24) is 0 Å². The Kier molecular flexibility index (Phi) is 2.52. The van der Waals surface area contributed by atoms with Crippen LogP contribution in [0.4, 0.5) is 4.39 Å². The largest absolute Gasteiger partial charge is 0.207 e. The van der Waals surface area contributed by atoms with Crippen LogP contribution in [-0.2, 0) is 6.42 Å². The zero-order valence-electron chi connectivity index (χ0n) is 8.43. The molecule has 0 spiro atoms. The summed E-state index contributed by atoms with van der Waals surface area (Å²) in [6.07, 6.45) is 0.812. The summed E-state index contributed by atoms with van der Waals surface area (Å²) in [5, 5.41) is -0.0375. The molecular formula is C12H14ClF. The van der Waals surface area contributed by atoms with Gasteiger partial charge in [-0.2, -0.15) is 0 Å². The van der Waals surface area contributed by atoms with Crippen LogP contribution in [0.15, 0.2) is 18.2 Å². The maximum Gasteiger partial charge on any atom is 0.126 e. The van der Waals surface area contributed by atoms with Crippen molar-refractivity contribution in [3.05, 3.63) is 35.1 Å². The highest BCUT2D eigenvalue weighted by Gasteiger charge is 2.31. The van der Waals surface area contributed by atoms with Gasteiger partial charge in [-0.3, -0.25) is 0 Å². The molecule has 0 radical (unpaired) electrons. The van der Waals surface area contributed by atoms with Crippen molar-refractivity contribution in [2.45, 2.75) is 25.6 Å². The van der Waals surface area contributed by atoms with E-state index in [4.69, 9.17) is 11.6 Å².